The van der Waals surface area contributed by atoms with Gasteiger partial charge in [0, 0.05) is 11.1 Å². The van der Waals surface area contributed by atoms with Gasteiger partial charge in [-0.15, -0.1) is 0 Å². The van der Waals surface area contributed by atoms with Crippen LogP contribution in [0.25, 0.3) is 0 Å². The number of aliphatic carboxylic acids is 2. The quantitative estimate of drug-likeness (QED) is 0.320. The fraction of sp³-hybridized carbons (Fsp3) is 0.571. The van der Waals surface area contributed by atoms with Crippen LogP contribution >= 0.6 is 0 Å². The fourth-order valence-corrected chi connectivity index (χ4v) is 0. The second-order valence-electron chi connectivity index (χ2n) is 5.16. The van der Waals surface area contributed by atoms with Gasteiger partial charge in [0.1, 0.15) is 0 Å². The molecule has 0 unspecified atom stereocenters. The molecule has 0 atom stereocenters. The van der Waals surface area contributed by atoms with E-state index >= 15 is 0 Å². The lowest BCUT2D eigenvalue weighted by molar-refractivity contribution is -0.133. The van der Waals surface area contributed by atoms with E-state index in [1.54, 1.807) is 0 Å². The van der Waals surface area contributed by atoms with Gasteiger partial charge in [0.2, 0.25) is 0 Å². The maximum absolute atomic E-state index is 9.60. The van der Waals surface area contributed by atoms with Crippen LogP contribution < -0.4 is 0 Å². The van der Waals surface area contributed by atoms with Crippen molar-refractivity contribution in [3.63, 3.8) is 0 Å². The highest BCUT2D eigenvalue weighted by Crippen LogP contribution is 1.88. The predicted octanol–water partition coefficient (Wildman–Crippen LogP) is 0.708. The third kappa shape index (κ3) is 139. The summed E-state index contributed by atoms with van der Waals surface area (Å²) in [6, 6.07) is 0. The van der Waals surface area contributed by atoms with E-state index in [-0.39, 0.29) is 11.1 Å². The molecular formula is C14H28O8. The highest BCUT2D eigenvalue weighted by atomic mass is 16.5. The predicted molar refractivity (Wildman–Crippen MR) is 81.9 cm³/mol. The maximum Gasteiger partial charge on any atom is 0.330 e. The smallest absolute Gasteiger partial charge is 0.330 e. The monoisotopic (exact) mass is 324 g/mol. The Bertz CT molecular complexity index is 286. The highest BCUT2D eigenvalue weighted by Gasteiger charge is 2.00. The summed E-state index contributed by atoms with van der Waals surface area (Å²) in [5.41, 5.74) is 0.352. The Labute approximate surface area is 130 Å². The van der Waals surface area contributed by atoms with Crippen molar-refractivity contribution in [2.45, 2.75) is 53.1 Å². The highest BCUT2D eigenvalue weighted by molar-refractivity contribution is 5.85. The average Bonchev–Trinajstić information content (AvgIpc) is 2.12. The third-order valence-electron chi connectivity index (χ3n) is 0.730. The van der Waals surface area contributed by atoms with E-state index in [4.69, 9.17) is 30.6 Å². The summed E-state index contributed by atoms with van der Waals surface area (Å²) in [7, 11) is 0. The first-order valence-electron chi connectivity index (χ1n) is 5.96. The van der Waals surface area contributed by atoms with Crippen LogP contribution in [-0.4, -0.2) is 54.2 Å². The van der Waals surface area contributed by atoms with Crippen molar-refractivity contribution in [1.82, 2.24) is 0 Å². The van der Waals surface area contributed by atoms with Crippen LogP contribution in [0.4, 0.5) is 0 Å². The van der Waals surface area contributed by atoms with Gasteiger partial charge < -0.3 is 30.6 Å². The van der Waals surface area contributed by atoms with Crippen LogP contribution in [-0.2, 0) is 9.59 Å². The van der Waals surface area contributed by atoms with Crippen molar-refractivity contribution in [3.05, 3.63) is 24.3 Å². The first-order valence-corrected chi connectivity index (χ1v) is 5.96. The lowest BCUT2D eigenvalue weighted by Crippen LogP contribution is -2.15. The topological polar surface area (TPSA) is 156 Å². The SMILES string of the molecule is C=C(C)C(=O)O.C=C(C)C(=O)O.CC(C)(O)O.CC(C)(O)O. The molecule has 0 radical (unpaired) electrons. The van der Waals surface area contributed by atoms with Crippen molar-refractivity contribution >= 4 is 11.9 Å². The van der Waals surface area contributed by atoms with Crippen LogP contribution in [0, 0.1) is 0 Å². The molecule has 0 aliphatic carbocycles. The normalized spacial score (nSPS) is 9.55. The summed E-state index contributed by atoms with van der Waals surface area (Å²) in [6.45, 7) is 14.4. The van der Waals surface area contributed by atoms with Crippen molar-refractivity contribution in [3.8, 4) is 0 Å². The van der Waals surface area contributed by atoms with Crippen molar-refractivity contribution in [2.75, 3.05) is 0 Å². The minimum Gasteiger partial charge on any atom is -0.478 e. The largest absolute Gasteiger partial charge is 0.478 e. The second kappa shape index (κ2) is 13.0. The summed E-state index contributed by atoms with van der Waals surface area (Å²) in [5, 5.41) is 48.1. The molecule has 0 saturated heterocycles. The van der Waals surface area contributed by atoms with Crippen LogP contribution in [0.3, 0.4) is 0 Å². The van der Waals surface area contributed by atoms with E-state index in [2.05, 4.69) is 13.2 Å². The summed E-state index contributed by atoms with van der Waals surface area (Å²) < 4.78 is 0. The molecule has 0 aliphatic rings. The summed E-state index contributed by atoms with van der Waals surface area (Å²) in [5.74, 6) is -4.87. The number of rotatable bonds is 2. The maximum atomic E-state index is 9.60. The average molecular weight is 324 g/mol. The summed E-state index contributed by atoms with van der Waals surface area (Å²) in [6.07, 6.45) is 0. The first-order chi connectivity index (χ1) is 9.29. The first kappa shape index (κ1) is 28.4. The fourth-order valence-electron chi connectivity index (χ4n) is 0. The lowest BCUT2D eigenvalue weighted by Gasteiger charge is -2.03. The van der Waals surface area contributed by atoms with Crippen LogP contribution in [0.5, 0.6) is 0 Å². The molecule has 0 amide bonds. The van der Waals surface area contributed by atoms with Crippen molar-refractivity contribution in [2.24, 2.45) is 0 Å². The number of carboxylic acid groups (broad SMARTS) is 2. The number of carboxylic acids is 2. The Morgan fingerprint density at radius 3 is 0.727 bits per heavy atom. The van der Waals surface area contributed by atoms with Gasteiger partial charge in [-0.1, -0.05) is 13.2 Å². The molecule has 8 heteroatoms. The molecule has 22 heavy (non-hydrogen) atoms. The minimum atomic E-state index is -1.50. The molecule has 8 nitrogen and oxygen atoms in total. The van der Waals surface area contributed by atoms with E-state index in [1.807, 2.05) is 0 Å². The van der Waals surface area contributed by atoms with Gasteiger partial charge in [0.05, 0.1) is 0 Å². The molecule has 0 aromatic heterocycles. The molecule has 0 fully saturated rings. The van der Waals surface area contributed by atoms with Gasteiger partial charge in [0.25, 0.3) is 0 Å². The molecule has 0 saturated carbocycles. The molecule has 0 aromatic carbocycles. The number of hydrogen-bond donors (Lipinski definition) is 6. The lowest BCUT2D eigenvalue weighted by atomic mass is 10.4. The number of carbonyl (C=O) groups is 2. The molecule has 0 rings (SSSR count). The van der Waals surface area contributed by atoms with Crippen molar-refractivity contribution < 1.29 is 40.2 Å². The number of hydrogen-bond acceptors (Lipinski definition) is 6. The molecule has 6 N–H and O–H groups in total. The third-order valence-corrected chi connectivity index (χ3v) is 0.730. The Kier molecular flexibility index (Phi) is 16.7. The van der Waals surface area contributed by atoms with Crippen molar-refractivity contribution in [1.29, 1.82) is 0 Å². The Balaban J connectivity index is -0.0000000986. The van der Waals surface area contributed by atoms with E-state index < -0.39 is 23.5 Å². The molecule has 132 valence electrons. The van der Waals surface area contributed by atoms with Gasteiger partial charge >= 0.3 is 11.9 Å². The molecule has 0 bridgehead atoms. The van der Waals surface area contributed by atoms with Gasteiger partial charge in [-0.25, -0.2) is 9.59 Å². The van der Waals surface area contributed by atoms with E-state index in [0.717, 1.165) is 0 Å². The van der Waals surface area contributed by atoms with Crippen LogP contribution in [0.2, 0.25) is 0 Å². The zero-order chi connectivity index (χ0) is 19.3. The Hall–Kier alpha value is -1.74. The molecular weight excluding hydrogens is 296 g/mol. The van der Waals surface area contributed by atoms with E-state index in [0.29, 0.717) is 0 Å². The summed E-state index contributed by atoms with van der Waals surface area (Å²) >= 11 is 0. The Morgan fingerprint density at radius 2 is 0.727 bits per heavy atom. The van der Waals surface area contributed by atoms with E-state index in [9.17, 15) is 9.59 Å². The van der Waals surface area contributed by atoms with Crippen LogP contribution in [0.15, 0.2) is 24.3 Å². The molecule has 0 heterocycles. The summed E-state index contributed by atoms with van der Waals surface area (Å²) in [4.78, 5) is 19.2. The standard InChI is InChI=1S/2C4H6O2.2C3H8O2/c2*1-3(2)4(5)6;2*1-3(2,4)5/h2*1H2,2H3,(H,5,6);2*4-5H,1-2H3. The molecule has 0 aromatic rings. The van der Waals surface area contributed by atoms with Crippen LogP contribution in [0.1, 0.15) is 41.5 Å². The van der Waals surface area contributed by atoms with Gasteiger partial charge in [-0.2, -0.15) is 0 Å². The second-order valence-corrected chi connectivity index (χ2v) is 5.16. The van der Waals surface area contributed by atoms with Gasteiger partial charge in [0.15, 0.2) is 11.6 Å². The minimum absolute atomic E-state index is 0.176. The molecule has 0 aliphatic heterocycles. The van der Waals surface area contributed by atoms with Gasteiger partial charge in [-0.05, 0) is 41.5 Å². The zero-order valence-corrected chi connectivity index (χ0v) is 13.9. The van der Waals surface area contributed by atoms with E-state index in [1.165, 1.54) is 41.5 Å². The zero-order valence-electron chi connectivity index (χ0n) is 13.9. The molecule has 0 spiro atoms. The number of aliphatic hydroxyl groups is 4. The Morgan fingerprint density at radius 1 is 0.682 bits per heavy atom. The van der Waals surface area contributed by atoms with Gasteiger partial charge in [-0.3, -0.25) is 0 Å².